The molecule has 4 nitrogen and oxygen atoms in total. The fourth-order valence-corrected chi connectivity index (χ4v) is 2.34. The van der Waals surface area contributed by atoms with E-state index in [1.807, 2.05) is 0 Å². The Bertz CT molecular complexity index is 534. The summed E-state index contributed by atoms with van der Waals surface area (Å²) in [6.07, 6.45) is 0. The first kappa shape index (κ1) is 11.7. The van der Waals surface area contributed by atoms with Crippen LogP contribution in [0.25, 0.3) is 0 Å². The number of nitrogens with two attached hydrogens (primary N) is 2. The largest absolute Gasteiger partial charge is 0.383 e. The maximum atomic E-state index is 5.62. The summed E-state index contributed by atoms with van der Waals surface area (Å²) in [5.74, 6) is 0.597. The molecule has 0 fully saturated rings. The summed E-state index contributed by atoms with van der Waals surface area (Å²) in [4.78, 5) is 9.09. The number of nitrogens with zero attached hydrogens (tertiary/aromatic N) is 2. The lowest BCUT2D eigenvalue weighted by Gasteiger charge is -2.05. The molecule has 0 amide bonds. The quantitative estimate of drug-likeness (QED) is 0.796. The summed E-state index contributed by atoms with van der Waals surface area (Å²) >= 11 is 1.53. The Balaban J connectivity index is 2.28. The Kier molecular flexibility index (Phi) is 3.19. The molecule has 0 spiro atoms. The predicted molar refractivity (Wildman–Crippen MR) is 70.9 cm³/mol. The van der Waals surface area contributed by atoms with Gasteiger partial charge in [0.2, 0.25) is 5.95 Å². The van der Waals surface area contributed by atoms with Crippen LogP contribution >= 0.6 is 11.8 Å². The van der Waals surface area contributed by atoms with Crippen molar-refractivity contribution in [3.8, 4) is 0 Å². The second-order valence-corrected chi connectivity index (χ2v) is 4.93. The van der Waals surface area contributed by atoms with E-state index in [4.69, 9.17) is 11.5 Å². The van der Waals surface area contributed by atoms with E-state index in [0.29, 0.717) is 5.82 Å². The predicted octanol–water partition coefficient (Wildman–Crippen LogP) is 2.41. The molecule has 0 aliphatic rings. The van der Waals surface area contributed by atoms with Gasteiger partial charge in [-0.15, -0.1) is 0 Å². The van der Waals surface area contributed by atoms with Crippen molar-refractivity contribution in [3.05, 3.63) is 35.4 Å². The van der Waals surface area contributed by atoms with Gasteiger partial charge in [0.05, 0.1) is 0 Å². The topological polar surface area (TPSA) is 77.8 Å². The van der Waals surface area contributed by atoms with E-state index in [9.17, 15) is 0 Å². The van der Waals surface area contributed by atoms with Crippen molar-refractivity contribution in [1.29, 1.82) is 0 Å². The lowest BCUT2D eigenvalue weighted by Crippen LogP contribution is -1.99. The molecule has 5 heteroatoms. The van der Waals surface area contributed by atoms with E-state index in [1.54, 1.807) is 6.07 Å². The summed E-state index contributed by atoms with van der Waals surface area (Å²) in [5, 5.41) is 0.762. The van der Waals surface area contributed by atoms with Crippen LogP contribution in [0.3, 0.4) is 0 Å². The van der Waals surface area contributed by atoms with Gasteiger partial charge in [-0.05, 0) is 37.1 Å². The number of aromatic nitrogens is 2. The molecule has 0 aliphatic heterocycles. The number of nitrogen functional groups attached to an aromatic ring is 2. The third kappa shape index (κ3) is 2.88. The molecule has 0 aliphatic carbocycles. The van der Waals surface area contributed by atoms with Gasteiger partial charge in [0, 0.05) is 11.0 Å². The number of hydrogen-bond acceptors (Lipinski definition) is 5. The van der Waals surface area contributed by atoms with Crippen LogP contribution in [0, 0.1) is 13.8 Å². The smallest absolute Gasteiger partial charge is 0.223 e. The van der Waals surface area contributed by atoms with E-state index in [0.717, 1.165) is 9.92 Å². The maximum absolute atomic E-state index is 5.62. The lowest BCUT2D eigenvalue weighted by atomic mass is 10.1. The van der Waals surface area contributed by atoms with Crippen LogP contribution in [0.1, 0.15) is 11.1 Å². The molecule has 0 radical (unpaired) electrons. The summed E-state index contributed by atoms with van der Waals surface area (Å²) in [6.45, 7) is 4.17. The Morgan fingerprint density at radius 3 is 2.41 bits per heavy atom. The number of benzene rings is 1. The van der Waals surface area contributed by atoms with Gasteiger partial charge in [0.25, 0.3) is 0 Å². The maximum Gasteiger partial charge on any atom is 0.223 e. The highest BCUT2D eigenvalue weighted by molar-refractivity contribution is 7.99. The first-order chi connectivity index (χ1) is 8.04. The van der Waals surface area contributed by atoms with E-state index in [1.165, 1.54) is 22.9 Å². The minimum Gasteiger partial charge on any atom is -0.383 e. The van der Waals surface area contributed by atoms with Gasteiger partial charge in [0.1, 0.15) is 10.8 Å². The highest BCUT2D eigenvalue weighted by Gasteiger charge is 2.03. The minimum absolute atomic E-state index is 0.205. The molecule has 1 aromatic carbocycles. The highest BCUT2D eigenvalue weighted by Crippen LogP contribution is 2.28. The summed E-state index contributed by atoms with van der Waals surface area (Å²) in [6, 6.07) is 7.98. The summed E-state index contributed by atoms with van der Waals surface area (Å²) in [7, 11) is 0. The third-order valence-electron chi connectivity index (χ3n) is 2.44. The standard InChI is InChI=1S/C12H14N4S/c1-7-3-4-9(5-8(7)2)17-11-6-10(13)15-12(14)16-11/h3-6H,1-2H3,(H4,13,14,15,16). The Morgan fingerprint density at radius 2 is 1.76 bits per heavy atom. The first-order valence-corrected chi connectivity index (χ1v) is 6.01. The normalized spacial score (nSPS) is 10.5. The van der Waals surface area contributed by atoms with Crippen molar-refractivity contribution in [2.24, 2.45) is 0 Å². The molecule has 17 heavy (non-hydrogen) atoms. The SMILES string of the molecule is Cc1ccc(Sc2cc(N)nc(N)n2)cc1C. The van der Waals surface area contributed by atoms with E-state index in [2.05, 4.69) is 42.0 Å². The fraction of sp³-hybridized carbons (Fsp3) is 0.167. The van der Waals surface area contributed by atoms with Crippen LogP contribution in [0.15, 0.2) is 34.2 Å². The van der Waals surface area contributed by atoms with Crippen molar-refractivity contribution in [2.75, 3.05) is 11.5 Å². The van der Waals surface area contributed by atoms with Gasteiger partial charge < -0.3 is 11.5 Å². The van der Waals surface area contributed by atoms with Gasteiger partial charge in [-0.2, -0.15) is 4.98 Å². The molecular weight excluding hydrogens is 232 g/mol. The zero-order valence-corrected chi connectivity index (χ0v) is 10.6. The van der Waals surface area contributed by atoms with Gasteiger partial charge in [-0.3, -0.25) is 0 Å². The third-order valence-corrected chi connectivity index (χ3v) is 3.35. The zero-order chi connectivity index (χ0) is 12.4. The van der Waals surface area contributed by atoms with Crippen LogP contribution in [0.4, 0.5) is 11.8 Å². The number of rotatable bonds is 2. The molecule has 1 heterocycles. The van der Waals surface area contributed by atoms with Crippen LogP contribution in [-0.2, 0) is 0 Å². The molecule has 0 bridgehead atoms. The molecule has 0 atom stereocenters. The Labute approximate surface area is 104 Å². The molecule has 0 unspecified atom stereocenters. The number of hydrogen-bond donors (Lipinski definition) is 2. The van der Waals surface area contributed by atoms with E-state index in [-0.39, 0.29) is 5.95 Å². The Morgan fingerprint density at radius 1 is 1.00 bits per heavy atom. The molecule has 0 saturated carbocycles. The van der Waals surface area contributed by atoms with Gasteiger partial charge in [-0.25, -0.2) is 4.98 Å². The van der Waals surface area contributed by atoms with Crippen LogP contribution in [0.5, 0.6) is 0 Å². The van der Waals surface area contributed by atoms with E-state index >= 15 is 0 Å². The monoisotopic (exact) mass is 246 g/mol. The van der Waals surface area contributed by atoms with Gasteiger partial charge in [-0.1, -0.05) is 17.8 Å². The van der Waals surface area contributed by atoms with Crippen molar-refractivity contribution >= 4 is 23.5 Å². The van der Waals surface area contributed by atoms with Crippen LogP contribution in [0.2, 0.25) is 0 Å². The first-order valence-electron chi connectivity index (χ1n) is 5.20. The summed E-state index contributed by atoms with van der Waals surface area (Å²) < 4.78 is 0. The van der Waals surface area contributed by atoms with Crippen molar-refractivity contribution in [3.63, 3.8) is 0 Å². The van der Waals surface area contributed by atoms with Gasteiger partial charge in [0.15, 0.2) is 0 Å². The van der Waals surface area contributed by atoms with Crippen LogP contribution < -0.4 is 11.5 Å². The summed E-state index contributed by atoms with van der Waals surface area (Å²) in [5.41, 5.74) is 13.7. The van der Waals surface area contributed by atoms with Gasteiger partial charge >= 0.3 is 0 Å². The Hall–Kier alpha value is -1.75. The molecule has 1 aromatic heterocycles. The lowest BCUT2D eigenvalue weighted by molar-refractivity contribution is 1.07. The zero-order valence-electron chi connectivity index (χ0n) is 9.77. The van der Waals surface area contributed by atoms with Crippen molar-refractivity contribution in [2.45, 2.75) is 23.8 Å². The number of aryl methyl sites for hydroxylation is 2. The average Bonchev–Trinajstić information content (AvgIpc) is 2.22. The molecule has 4 N–H and O–H groups in total. The molecule has 2 rings (SSSR count). The molecule has 88 valence electrons. The highest BCUT2D eigenvalue weighted by atomic mass is 32.2. The average molecular weight is 246 g/mol. The minimum atomic E-state index is 0.205. The van der Waals surface area contributed by atoms with E-state index < -0.39 is 0 Å². The molecular formula is C12H14N4S. The second kappa shape index (κ2) is 4.63. The fourth-order valence-electron chi connectivity index (χ4n) is 1.41. The van der Waals surface area contributed by atoms with Crippen molar-refractivity contribution in [1.82, 2.24) is 9.97 Å². The molecule has 2 aromatic rings. The molecule has 0 saturated heterocycles. The van der Waals surface area contributed by atoms with Crippen molar-refractivity contribution < 1.29 is 0 Å². The number of anilines is 2. The second-order valence-electron chi connectivity index (χ2n) is 3.84. The van der Waals surface area contributed by atoms with Crippen LogP contribution in [-0.4, -0.2) is 9.97 Å².